The van der Waals surface area contributed by atoms with Crippen LogP contribution in [0.15, 0.2) is 370 Å². The fourth-order valence-electron chi connectivity index (χ4n) is 14.3. The van der Waals surface area contributed by atoms with Crippen molar-refractivity contribution in [2.45, 2.75) is 0 Å². The van der Waals surface area contributed by atoms with E-state index in [1.807, 2.05) is 30.3 Å². The van der Waals surface area contributed by atoms with Crippen LogP contribution in [-0.2, 0) is 0 Å². The highest BCUT2D eigenvalue weighted by Gasteiger charge is 2.43. The van der Waals surface area contributed by atoms with Gasteiger partial charge in [0.05, 0.1) is 22.1 Å². The minimum absolute atomic E-state index is 0.763. The Hall–Kier alpha value is -11.3. The summed E-state index contributed by atoms with van der Waals surface area (Å²) in [7, 11) is -5.85. The molecule has 0 aliphatic heterocycles. The van der Waals surface area contributed by atoms with Crippen molar-refractivity contribution in [3.8, 4) is 22.9 Å². The highest BCUT2D eigenvalue weighted by atomic mass is 28.3. The number of ether oxygens (including phenoxy) is 1. The fourth-order valence-corrected chi connectivity index (χ4v) is 23.9. The van der Waals surface area contributed by atoms with Crippen molar-refractivity contribution in [2.75, 3.05) is 4.90 Å². The minimum atomic E-state index is -2.93. The maximum atomic E-state index is 6.48. The zero-order chi connectivity index (χ0) is 59.9. The Morgan fingerprint density at radius 1 is 0.211 bits per heavy atom. The van der Waals surface area contributed by atoms with Crippen molar-refractivity contribution < 1.29 is 4.74 Å². The molecule has 0 saturated carbocycles. The summed E-state index contributed by atoms with van der Waals surface area (Å²) in [5.41, 5.74) is 9.85. The lowest BCUT2D eigenvalue weighted by Gasteiger charge is -2.34. The zero-order valence-corrected chi connectivity index (χ0v) is 51.5. The van der Waals surface area contributed by atoms with E-state index in [0.29, 0.717) is 0 Å². The van der Waals surface area contributed by atoms with Crippen molar-refractivity contribution in [1.29, 1.82) is 0 Å². The Morgan fingerprint density at radius 2 is 0.467 bits per heavy atom. The Kier molecular flexibility index (Phi) is 13.9. The van der Waals surface area contributed by atoms with Gasteiger partial charge in [-0.3, -0.25) is 0 Å². The van der Waals surface area contributed by atoms with Crippen LogP contribution in [0, 0.1) is 0 Å². The molecule has 0 radical (unpaired) electrons. The van der Waals surface area contributed by atoms with Crippen molar-refractivity contribution in [3.05, 3.63) is 370 Å². The molecule has 16 rings (SSSR count). The van der Waals surface area contributed by atoms with Crippen LogP contribution in [0.5, 0.6) is 11.5 Å². The van der Waals surface area contributed by atoms with Crippen LogP contribution in [0.2, 0.25) is 0 Å². The molecule has 0 unspecified atom stereocenters. The molecule has 0 aliphatic carbocycles. The molecule has 0 atom stereocenters. The Labute approximate surface area is 526 Å². The third-order valence-corrected chi connectivity index (χ3v) is 27.8. The number of aromatic nitrogens is 2. The van der Waals surface area contributed by atoms with Crippen molar-refractivity contribution in [3.63, 3.8) is 0 Å². The second-order valence-corrected chi connectivity index (χ2v) is 30.8. The van der Waals surface area contributed by atoms with Gasteiger partial charge < -0.3 is 18.8 Å². The van der Waals surface area contributed by atoms with Gasteiger partial charge in [-0.2, -0.15) is 0 Å². The zero-order valence-electron chi connectivity index (χ0n) is 49.5. The number of nitrogens with zero attached hydrogens (tertiary/aromatic N) is 3. The Balaban J connectivity index is 0.957. The van der Waals surface area contributed by atoms with Gasteiger partial charge in [-0.25, -0.2) is 0 Å². The number of hydrogen-bond donors (Lipinski definition) is 0. The highest BCUT2D eigenvalue weighted by molar-refractivity contribution is 7.20. The molecule has 4 nitrogen and oxygen atoms in total. The second kappa shape index (κ2) is 23.1. The molecule has 14 aromatic carbocycles. The van der Waals surface area contributed by atoms with Crippen LogP contribution in [0.25, 0.3) is 55.0 Å². The number of benzene rings is 14. The SMILES string of the molecule is c1ccc(Oc2ccc(N(c3ccc4c(c3)c3cc([Si](c5ccccc5)(c5ccccc5)c5ccccc5)ccc3n4-c3ccccc3)c3ccc4c(c3)c3cc([Si](c5ccccc5)(c5ccccc5)c5ccccc5)ccc3n4-c3ccccc3)cc2)cc1. The Bertz CT molecular complexity index is 4690. The predicted octanol–water partition coefficient (Wildman–Crippen LogP) is 15.9. The van der Waals surface area contributed by atoms with Gasteiger partial charge >= 0.3 is 0 Å². The van der Waals surface area contributed by atoms with E-state index >= 15 is 0 Å². The summed E-state index contributed by atoms with van der Waals surface area (Å²) in [4.78, 5) is 2.43. The van der Waals surface area contributed by atoms with E-state index in [1.54, 1.807) is 0 Å². The molecule has 0 N–H and O–H groups in total. The lowest BCUT2D eigenvalue weighted by Crippen LogP contribution is -2.74. The summed E-state index contributed by atoms with van der Waals surface area (Å²) < 4.78 is 11.4. The number of fused-ring (bicyclic) bond motifs is 6. The summed E-state index contributed by atoms with van der Waals surface area (Å²) in [6.45, 7) is 0. The molecular weight excluding hydrogens is 1120 g/mol. The predicted molar refractivity (Wildman–Crippen MR) is 384 cm³/mol. The molecule has 2 aromatic heterocycles. The third kappa shape index (κ3) is 9.19. The largest absolute Gasteiger partial charge is 0.457 e. The molecule has 2 heterocycles. The molecule has 0 saturated heterocycles. The van der Waals surface area contributed by atoms with E-state index in [2.05, 4.69) is 354 Å². The molecule has 0 amide bonds. The Morgan fingerprint density at radius 3 is 0.789 bits per heavy atom. The minimum Gasteiger partial charge on any atom is -0.457 e. The van der Waals surface area contributed by atoms with E-state index < -0.39 is 16.1 Å². The maximum Gasteiger partial charge on any atom is 0.179 e. The van der Waals surface area contributed by atoms with Gasteiger partial charge in [0, 0.05) is 50.0 Å². The molecule has 90 heavy (non-hydrogen) atoms. The smallest absolute Gasteiger partial charge is 0.179 e. The molecule has 16 aromatic rings. The van der Waals surface area contributed by atoms with Crippen molar-refractivity contribution in [1.82, 2.24) is 9.13 Å². The lowest BCUT2D eigenvalue weighted by atomic mass is 10.1. The number of hydrogen-bond acceptors (Lipinski definition) is 2. The average Bonchev–Trinajstić information content (AvgIpc) is 1.31. The van der Waals surface area contributed by atoms with E-state index in [0.717, 1.165) is 72.8 Å². The van der Waals surface area contributed by atoms with Crippen molar-refractivity contribution >= 4 is 118 Å². The third-order valence-electron chi connectivity index (χ3n) is 18.2. The summed E-state index contributed by atoms with van der Waals surface area (Å²) in [5, 5.41) is 15.4. The summed E-state index contributed by atoms with van der Waals surface area (Å²) in [6, 6.07) is 136. The van der Waals surface area contributed by atoms with Crippen LogP contribution >= 0.6 is 0 Å². The molecular formula is C84H61N3OSi2. The molecule has 426 valence electrons. The summed E-state index contributed by atoms with van der Waals surface area (Å²) in [6.07, 6.45) is 0. The fraction of sp³-hybridized carbons (Fsp3) is 0. The molecule has 0 spiro atoms. The first-order chi connectivity index (χ1) is 44.6. The molecule has 6 heteroatoms. The van der Waals surface area contributed by atoms with Gasteiger partial charge in [-0.05, 0) is 151 Å². The van der Waals surface area contributed by atoms with Crippen LogP contribution in [0.4, 0.5) is 17.1 Å². The van der Waals surface area contributed by atoms with Gasteiger partial charge in [-0.1, -0.05) is 261 Å². The topological polar surface area (TPSA) is 22.3 Å². The lowest BCUT2D eigenvalue weighted by molar-refractivity contribution is 0.483. The van der Waals surface area contributed by atoms with Gasteiger partial charge in [0.25, 0.3) is 0 Å². The maximum absolute atomic E-state index is 6.48. The molecule has 0 aliphatic rings. The van der Waals surface area contributed by atoms with Gasteiger partial charge in [0.15, 0.2) is 16.1 Å². The quantitative estimate of drug-likeness (QED) is 0.0754. The van der Waals surface area contributed by atoms with E-state index in [9.17, 15) is 0 Å². The number of anilines is 3. The normalized spacial score (nSPS) is 11.8. The first-order valence-corrected chi connectivity index (χ1v) is 34.9. The second-order valence-electron chi connectivity index (χ2n) is 23.1. The summed E-state index contributed by atoms with van der Waals surface area (Å²) >= 11 is 0. The van der Waals surface area contributed by atoms with Crippen LogP contribution in [0.3, 0.4) is 0 Å². The average molecular weight is 1180 g/mol. The number of rotatable bonds is 15. The molecule has 0 bridgehead atoms. The van der Waals surface area contributed by atoms with Crippen LogP contribution < -0.4 is 51.1 Å². The van der Waals surface area contributed by atoms with Crippen molar-refractivity contribution in [2.24, 2.45) is 0 Å². The molecule has 0 fully saturated rings. The van der Waals surface area contributed by atoms with E-state index in [4.69, 9.17) is 4.74 Å². The standard InChI is InChI=1S/C84H61N3OSi2/c1-10-28-62(29-11-1)86-81-54-48-65(58-77(81)79-60-75(52-56-83(79)86)89(69-34-16-4-17-35-69,70-36-18-5-19-37-70)71-38-20-6-21-39-71)85(64-46-50-68(51-47-64)88-67-32-14-3-15-33-67)66-49-55-82-78(59-66)80-61-76(53-57-84(80)87(82)63-30-12-2-13-31-63)90(72-40-22-7-23-41-72,73-42-24-8-25-43-73)74-44-26-9-27-45-74/h1-61H. The first-order valence-electron chi connectivity index (χ1n) is 30.9. The highest BCUT2D eigenvalue weighted by Crippen LogP contribution is 2.43. The van der Waals surface area contributed by atoms with Crippen LogP contribution in [0.1, 0.15) is 0 Å². The van der Waals surface area contributed by atoms with Gasteiger partial charge in [0.1, 0.15) is 11.5 Å². The first kappa shape index (κ1) is 54.1. The van der Waals surface area contributed by atoms with Gasteiger partial charge in [-0.15, -0.1) is 0 Å². The number of para-hydroxylation sites is 3. The van der Waals surface area contributed by atoms with Crippen LogP contribution in [-0.4, -0.2) is 25.3 Å². The van der Waals surface area contributed by atoms with E-state index in [1.165, 1.54) is 52.3 Å². The van der Waals surface area contributed by atoms with Gasteiger partial charge in [0.2, 0.25) is 0 Å². The summed E-state index contributed by atoms with van der Waals surface area (Å²) in [5.74, 6) is 1.55. The monoisotopic (exact) mass is 1180 g/mol. The van der Waals surface area contributed by atoms with E-state index in [-0.39, 0.29) is 0 Å².